The minimum atomic E-state index is -1.06. The minimum absolute atomic E-state index is 0.245. The van der Waals surface area contributed by atoms with Crippen LogP contribution in [0.15, 0.2) is 78.9 Å². The van der Waals surface area contributed by atoms with E-state index in [0.29, 0.717) is 39.9 Å². The van der Waals surface area contributed by atoms with Crippen molar-refractivity contribution in [2.75, 3.05) is 12.0 Å². The summed E-state index contributed by atoms with van der Waals surface area (Å²) in [5, 5.41) is 10.3. The molecular formula is C28H25N3O2S. The Morgan fingerprint density at radius 2 is 1.71 bits per heavy atom. The number of rotatable bonds is 8. The fourth-order valence-corrected chi connectivity index (χ4v) is 4.94. The molecule has 2 atom stereocenters. The molecule has 34 heavy (non-hydrogen) atoms. The van der Waals surface area contributed by atoms with E-state index in [1.165, 1.54) is 0 Å². The van der Waals surface area contributed by atoms with Gasteiger partial charge in [-0.3, -0.25) is 9.00 Å². The molecule has 0 aliphatic rings. The van der Waals surface area contributed by atoms with E-state index in [9.17, 15) is 14.3 Å². The van der Waals surface area contributed by atoms with Gasteiger partial charge in [0.1, 0.15) is 0 Å². The Balaban J connectivity index is 2.08. The molecule has 0 fully saturated rings. The molecule has 0 saturated carbocycles. The van der Waals surface area contributed by atoms with Crippen molar-refractivity contribution in [3.63, 3.8) is 0 Å². The number of pyridine rings is 1. The lowest BCUT2D eigenvalue weighted by Crippen LogP contribution is -2.19. The molecule has 1 unspecified atom stereocenters. The molecule has 170 valence electrons. The lowest BCUT2D eigenvalue weighted by Gasteiger charge is -2.21. The van der Waals surface area contributed by atoms with Crippen molar-refractivity contribution < 1.29 is 9.00 Å². The zero-order valence-electron chi connectivity index (χ0n) is 18.9. The molecular weight excluding hydrogens is 442 g/mol. The van der Waals surface area contributed by atoms with E-state index in [2.05, 4.69) is 6.07 Å². The van der Waals surface area contributed by atoms with Gasteiger partial charge in [0.2, 0.25) is 5.91 Å². The van der Waals surface area contributed by atoms with E-state index in [1.807, 2.05) is 78.9 Å². The number of fused-ring (bicyclic) bond motifs is 1. The highest BCUT2D eigenvalue weighted by Gasteiger charge is 2.25. The summed E-state index contributed by atoms with van der Waals surface area (Å²) in [4.78, 5) is 18.0. The number of primary amides is 1. The van der Waals surface area contributed by atoms with Crippen LogP contribution in [0.25, 0.3) is 22.2 Å². The summed E-state index contributed by atoms with van der Waals surface area (Å²) in [6.07, 6.45) is 2.29. The van der Waals surface area contributed by atoms with Crippen LogP contribution in [0.2, 0.25) is 0 Å². The Bertz CT molecular complexity index is 1400. The average Bonchev–Trinajstić information content (AvgIpc) is 2.85. The van der Waals surface area contributed by atoms with Crippen molar-refractivity contribution >= 4 is 27.6 Å². The van der Waals surface area contributed by atoms with Crippen LogP contribution < -0.4 is 5.73 Å². The van der Waals surface area contributed by atoms with Gasteiger partial charge < -0.3 is 5.73 Å². The molecule has 4 rings (SSSR count). The number of amides is 1. The molecule has 3 aromatic carbocycles. The molecule has 1 heterocycles. The second kappa shape index (κ2) is 10.4. The van der Waals surface area contributed by atoms with Crippen LogP contribution >= 0.6 is 0 Å². The van der Waals surface area contributed by atoms with E-state index < -0.39 is 16.7 Å². The van der Waals surface area contributed by atoms with Gasteiger partial charge >= 0.3 is 0 Å². The third-order valence-electron chi connectivity index (χ3n) is 5.95. The summed E-state index contributed by atoms with van der Waals surface area (Å²) >= 11 is 0. The highest BCUT2D eigenvalue weighted by atomic mass is 32.2. The van der Waals surface area contributed by atoms with Gasteiger partial charge in [-0.1, -0.05) is 72.8 Å². The molecule has 0 aliphatic heterocycles. The third kappa shape index (κ3) is 4.75. The van der Waals surface area contributed by atoms with Crippen molar-refractivity contribution in [1.29, 1.82) is 5.26 Å². The van der Waals surface area contributed by atoms with Gasteiger partial charge in [-0.25, -0.2) is 4.98 Å². The van der Waals surface area contributed by atoms with Crippen molar-refractivity contribution in [3.8, 4) is 17.3 Å². The van der Waals surface area contributed by atoms with Crippen LogP contribution in [0.1, 0.15) is 39.4 Å². The molecule has 4 aromatic rings. The molecule has 0 bridgehead atoms. The summed E-state index contributed by atoms with van der Waals surface area (Å²) in [5.74, 6) is -0.418. The number of carbonyl (C=O) groups is 1. The standard InChI is InChI=1S/C28H25N3O2S/c1-34(33)18-16-23-26(28(30)32)25-22(21(15-17-29)19-9-4-2-5-10-19)13-8-14-24(25)31-27(23)20-11-6-3-7-12-20/h2-14,21H,15-16,18H2,1H3,(H2,30,32)/t21-,34?/m0/s1. The fourth-order valence-electron chi connectivity index (χ4n) is 4.45. The SMILES string of the molecule is CS(=O)CCc1c(-c2ccccc2)nc2cccc([C@@H](CC#N)c3ccccc3)c2c1C(N)=O. The predicted octanol–water partition coefficient (Wildman–Crippen LogP) is 4.97. The number of nitrogens with two attached hydrogens (primary N) is 1. The number of hydrogen-bond donors (Lipinski definition) is 1. The zero-order chi connectivity index (χ0) is 24.1. The monoisotopic (exact) mass is 467 g/mol. The Labute approximate surface area is 201 Å². The second-order valence-electron chi connectivity index (χ2n) is 8.14. The Hall–Kier alpha value is -3.82. The highest BCUT2D eigenvalue weighted by Crippen LogP contribution is 2.38. The maximum atomic E-state index is 13.0. The summed E-state index contributed by atoms with van der Waals surface area (Å²) < 4.78 is 12.0. The molecule has 0 saturated heterocycles. The lowest BCUT2D eigenvalue weighted by molar-refractivity contribution is 0.100. The van der Waals surface area contributed by atoms with Crippen molar-refractivity contribution in [2.24, 2.45) is 5.73 Å². The molecule has 0 spiro atoms. The first-order valence-electron chi connectivity index (χ1n) is 11.0. The topological polar surface area (TPSA) is 96.8 Å². The van der Waals surface area contributed by atoms with Gasteiger partial charge in [0, 0.05) is 46.1 Å². The van der Waals surface area contributed by atoms with Crippen LogP contribution in [-0.2, 0) is 17.2 Å². The van der Waals surface area contributed by atoms with Gasteiger partial charge in [0.25, 0.3) is 0 Å². The molecule has 5 nitrogen and oxygen atoms in total. The maximum absolute atomic E-state index is 13.0. The highest BCUT2D eigenvalue weighted by molar-refractivity contribution is 7.84. The van der Waals surface area contributed by atoms with E-state index >= 15 is 0 Å². The van der Waals surface area contributed by atoms with Crippen molar-refractivity contribution in [2.45, 2.75) is 18.8 Å². The Morgan fingerprint density at radius 1 is 1.03 bits per heavy atom. The first-order chi connectivity index (χ1) is 16.5. The number of benzene rings is 3. The summed E-state index contributed by atoms with van der Waals surface area (Å²) in [5.41, 5.74) is 11.1. The third-order valence-corrected chi connectivity index (χ3v) is 6.73. The van der Waals surface area contributed by atoms with E-state index in [1.54, 1.807) is 6.26 Å². The fraction of sp³-hybridized carbons (Fsp3) is 0.179. The van der Waals surface area contributed by atoms with Crippen molar-refractivity contribution in [3.05, 3.63) is 101 Å². The Kier molecular flexibility index (Phi) is 7.15. The van der Waals surface area contributed by atoms with E-state index in [0.717, 1.165) is 16.7 Å². The van der Waals surface area contributed by atoms with Gasteiger partial charge in [0.15, 0.2) is 0 Å². The quantitative estimate of drug-likeness (QED) is 0.396. The van der Waals surface area contributed by atoms with Crippen LogP contribution in [0.5, 0.6) is 0 Å². The van der Waals surface area contributed by atoms with Crippen molar-refractivity contribution in [1.82, 2.24) is 4.98 Å². The normalized spacial score (nSPS) is 12.7. The minimum Gasteiger partial charge on any atom is -0.366 e. The van der Waals surface area contributed by atoms with E-state index in [-0.39, 0.29) is 12.3 Å². The second-order valence-corrected chi connectivity index (χ2v) is 9.69. The molecule has 2 N–H and O–H groups in total. The molecule has 1 aromatic heterocycles. The molecule has 0 radical (unpaired) electrons. The van der Waals surface area contributed by atoms with Crippen LogP contribution in [0.4, 0.5) is 0 Å². The molecule has 0 aliphatic carbocycles. The number of carbonyl (C=O) groups excluding carboxylic acids is 1. The van der Waals surface area contributed by atoms with E-state index in [4.69, 9.17) is 10.7 Å². The largest absolute Gasteiger partial charge is 0.366 e. The zero-order valence-corrected chi connectivity index (χ0v) is 19.7. The number of nitriles is 1. The number of aromatic nitrogens is 1. The maximum Gasteiger partial charge on any atom is 0.249 e. The van der Waals surface area contributed by atoms with Gasteiger partial charge in [-0.05, 0) is 29.2 Å². The first kappa shape index (κ1) is 23.3. The molecule has 1 amide bonds. The van der Waals surface area contributed by atoms with Gasteiger partial charge in [0.05, 0.1) is 22.8 Å². The van der Waals surface area contributed by atoms with Gasteiger partial charge in [-0.15, -0.1) is 0 Å². The van der Waals surface area contributed by atoms with Crippen LogP contribution in [0, 0.1) is 11.3 Å². The van der Waals surface area contributed by atoms with Gasteiger partial charge in [-0.2, -0.15) is 5.26 Å². The summed E-state index contributed by atoms with van der Waals surface area (Å²) in [7, 11) is -1.06. The van der Waals surface area contributed by atoms with Crippen LogP contribution in [0.3, 0.4) is 0 Å². The molecule has 6 heteroatoms. The number of hydrogen-bond acceptors (Lipinski definition) is 4. The summed E-state index contributed by atoms with van der Waals surface area (Å²) in [6.45, 7) is 0. The lowest BCUT2D eigenvalue weighted by atomic mass is 9.83. The number of nitrogens with zero attached hydrogens (tertiary/aromatic N) is 2. The Morgan fingerprint density at radius 3 is 2.32 bits per heavy atom. The van der Waals surface area contributed by atoms with Crippen LogP contribution in [-0.4, -0.2) is 27.1 Å². The first-order valence-corrected chi connectivity index (χ1v) is 12.8. The average molecular weight is 468 g/mol. The smallest absolute Gasteiger partial charge is 0.249 e. The summed E-state index contributed by atoms with van der Waals surface area (Å²) in [6, 6.07) is 27.4. The predicted molar refractivity (Wildman–Crippen MR) is 137 cm³/mol.